The number of allylic oxidation sites excluding steroid dienone is 2. The third-order valence-electron chi connectivity index (χ3n) is 7.96. The van der Waals surface area contributed by atoms with Gasteiger partial charge in [-0.1, -0.05) is 31.5 Å². The maximum Gasteiger partial charge on any atom is 0.0795 e. The molecule has 21 heavy (non-hydrogen) atoms. The maximum absolute atomic E-state index is 9.09. The Morgan fingerprint density at radius 3 is 2.76 bits per heavy atom. The Balaban J connectivity index is 1.67. The topological polar surface area (TPSA) is 32.6 Å². The smallest absolute Gasteiger partial charge is 0.0795 e. The van der Waals surface area contributed by atoms with Crippen LogP contribution in [0.15, 0.2) is 17.3 Å². The molecule has 4 aliphatic rings. The number of oxime groups is 1. The second-order valence-corrected chi connectivity index (χ2v) is 8.73. The van der Waals surface area contributed by atoms with Crippen molar-refractivity contribution in [1.82, 2.24) is 0 Å². The molecule has 3 saturated carbocycles. The van der Waals surface area contributed by atoms with Gasteiger partial charge in [-0.3, -0.25) is 0 Å². The van der Waals surface area contributed by atoms with Gasteiger partial charge in [-0.25, -0.2) is 0 Å². The lowest BCUT2D eigenvalue weighted by atomic mass is 9.46. The van der Waals surface area contributed by atoms with E-state index in [1.165, 1.54) is 44.9 Å². The van der Waals surface area contributed by atoms with E-state index in [-0.39, 0.29) is 0 Å². The molecular weight excluding hydrogens is 258 g/mol. The Hall–Kier alpha value is -0.790. The molecule has 1 unspecified atom stereocenters. The van der Waals surface area contributed by atoms with Gasteiger partial charge in [0.05, 0.1) is 5.71 Å². The van der Waals surface area contributed by atoms with E-state index in [9.17, 15) is 0 Å². The van der Waals surface area contributed by atoms with Gasteiger partial charge in [-0.15, -0.1) is 0 Å². The third-order valence-corrected chi connectivity index (χ3v) is 7.96. The highest BCUT2D eigenvalue weighted by molar-refractivity contribution is 5.95. The Morgan fingerprint density at radius 2 is 1.95 bits per heavy atom. The molecule has 0 amide bonds. The van der Waals surface area contributed by atoms with Gasteiger partial charge in [-0.2, -0.15) is 0 Å². The SMILES string of the molecule is C[C@@]12CCC[C@H]1[C@@H]1CCC3CC(=NO)C=C[C@]3(C)[C@H]1CC2. The molecule has 0 heterocycles. The van der Waals surface area contributed by atoms with E-state index in [2.05, 4.69) is 31.2 Å². The highest BCUT2D eigenvalue weighted by Gasteiger charge is 2.56. The standard InChI is InChI=1S/C19H29NO/c1-18-9-3-4-16(18)15-6-5-13-12-14(20-21)7-11-19(13,2)17(15)8-10-18/h7,11,13,15-17,21H,3-6,8-10,12H2,1-2H3/t13?,15-,16-,17-,18-,19-/m0/s1. The van der Waals surface area contributed by atoms with E-state index in [1.807, 2.05) is 0 Å². The highest BCUT2D eigenvalue weighted by Crippen LogP contribution is 2.65. The lowest BCUT2D eigenvalue weighted by Crippen LogP contribution is -2.51. The maximum atomic E-state index is 9.09. The van der Waals surface area contributed by atoms with Gasteiger partial charge in [-0.05, 0) is 85.5 Å². The first kappa shape index (κ1) is 13.8. The first-order valence-corrected chi connectivity index (χ1v) is 8.97. The van der Waals surface area contributed by atoms with Crippen LogP contribution in [-0.4, -0.2) is 10.9 Å². The van der Waals surface area contributed by atoms with Gasteiger partial charge in [0.15, 0.2) is 0 Å². The zero-order chi connectivity index (χ0) is 14.7. The molecule has 0 radical (unpaired) electrons. The molecule has 0 spiro atoms. The zero-order valence-electron chi connectivity index (χ0n) is 13.5. The molecular formula is C19H29NO. The van der Waals surface area contributed by atoms with Crippen LogP contribution >= 0.6 is 0 Å². The summed E-state index contributed by atoms with van der Waals surface area (Å²) in [6, 6.07) is 0. The molecule has 2 heteroatoms. The lowest BCUT2D eigenvalue weighted by molar-refractivity contribution is -0.0633. The normalized spacial score (nSPS) is 54.1. The van der Waals surface area contributed by atoms with E-state index >= 15 is 0 Å². The van der Waals surface area contributed by atoms with Crippen molar-refractivity contribution >= 4 is 5.71 Å². The Morgan fingerprint density at radius 1 is 1.10 bits per heavy atom. The molecule has 0 aromatic carbocycles. The summed E-state index contributed by atoms with van der Waals surface area (Å²) in [6.45, 7) is 5.07. The average Bonchev–Trinajstić information content (AvgIpc) is 2.88. The van der Waals surface area contributed by atoms with Crippen LogP contribution < -0.4 is 0 Å². The van der Waals surface area contributed by atoms with Crippen molar-refractivity contribution in [3.8, 4) is 0 Å². The average molecular weight is 287 g/mol. The summed E-state index contributed by atoms with van der Waals surface area (Å²) >= 11 is 0. The van der Waals surface area contributed by atoms with Crippen molar-refractivity contribution < 1.29 is 5.21 Å². The van der Waals surface area contributed by atoms with Crippen LogP contribution in [-0.2, 0) is 0 Å². The zero-order valence-corrected chi connectivity index (χ0v) is 13.5. The van der Waals surface area contributed by atoms with Crippen molar-refractivity contribution in [1.29, 1.82) is 0 Å². The van der Waals surface area contributed by atoms with Crippen LogP contribution in [0, 0.1) is 34.5 Å². The van der Waals surface area contributed by atoms with E-state index in [4.69, 9.17) is 5.21 Å². The quantitative estimate of drug-likeness (QED) is 0.492. The predicted molar refractivity (Wildman–Crippen MR) is 85.5 cm³/mol. The largest absolute Gasteiger partial charge is 0.411 e. The van der Waals surface area contributed by atoms with Crippen LogP contribution in [0.25, 0.3) is 0 Å². The summed E-state index contributed by atoms with van der Waals surface area (Å²) in [6.07, 6.45) is 15.5. The fourth-order valence-corrected chi connectivity index (χ4v) is 6.71. The Kier molecular flexibility index (Phi) is 3.03. The summed E-state index contributed by atoms with van der Waals surface area (Å²) in [5.74, 6) is 3.49. The summed E-state index contributed by atoms with van der Waals surface area (Å²) in [7, 11) is 0. The van der Waals surface area contributed by atoms with Crippen LogP contribution in [0.5, 0.6) is 0 Å². The van der Waals surface area contributed by atoms with Gasteiger partial charge in [0, 0.05) is 0 Å². The third kappa shape index (κ3) is 1.87. The molecule has 0 bridgehead atoms. The highest BCUT2D eigenvalue weighted by atomic mass is 16.4. The van der Waals surface area contributed by atoms with E-state index < -0.39 is 0 Å². The van der Waals surface area contributed by atoms with Gasteiger partial charge in [0.25, 0.3) is 0 Å². The lowest BCUT2D eigenvalue weighted by Gasteiger charge is -2.58. The minimum absolute atomic E-state index is 0.348. The first-order chi connectivity index (χ1) is 10.1. The molecule has 0 aromatic heterocycles. The number of hydrogen-bond acceptors (Lipinski definition) is 2. The summed E-state index contributed by atoms with van der Waals surface area (Å²) in [4.78, 5) is 0. The van der Waals surface area contributed by atoms with Gasteiger partial charge >= 0.3 is 0 Å². The van der Waals surface area contributed by atoms with Crippen molar-refractivity contribution in [2.45, 2.75) is 65.2 Å². The fourth-order valence-electron chi connectivity index (χ4n) is 6.71. The Bertz CT molecular complexity index is 496. The van der Waals surface area contributed by atoms with Crippen molar-refractivity contribution in [3.63, 3.8) is 0 Å². The summed E-state index contributed by atoms with van der Waals surface area (Å²) in [5.41, 5.74) is 1.89. The van der Waals surface area contributed by atoms with E-state index in [0.29, 0.717) is 16.7 Å². The Labute approximate surface area is 128 Å². The second-order valence-electron chi connectivity index (χ2n) is 8.73. The number of nitrogens with zero attached hydrogens (tertiary/aromatic N) is 1. The molecule has 4 rings (SSSR count). The molecule has 4 aliphatic carbocycles. The van der Waals surface area contributed by atoms with Gasteiger partial charge < -0.3 is 5.21 Å². The molecule has 0 saturated heterocycles. The molecule has 2 nitrogen and oxygen atoms in total. The number of rotatable bonds is 0. The van der Waals surface area contributed by atoms with Gasteiger partial charge in [0.1, 0.15) is 0 Å². The minimum Gasteiger partial charge on any atom is -0.411 e. The van der Waals surface area contributed by atoms with E-state index in [0.717, 1.165) is 29.9 Å². The number of hydrogen-bond donors (Lipinski definition) is 1. The summed E-state index contributed by atoms with van der Waals surface area (Å²) < 4.78 is 0. The molecule has 1 N–H and O–H groups in total. The van der Waals surface area contributed by atoms with Crippen LogP contribution in [0.2, 0.25) is 0 Å². The minimum atomic E-state index is 0.348. The molecule has 116 valence electrons. The van der Waals surface area contributed by atoms with Crippen LogP contribution in [0.4, 0.5) is 0 Å². The molecule has 0 aromatic rings. The molecule has 6 atom stereocenters. The second kappa shape index (κ2) is 4.60. The van der Waals surface area contributed by atoms with Crippen LogP contribution in [0.3, 0.4) is 0 Å². The van der Waals surface area contributed by atoms with Gasteiger partial charge in [0.2, 0.25) is 0 Å². The van der Waals surface area contributed by atoms with E-state index in [1.54, 1.807) is 0 Å². The number of fused-ring (bicyclic) bond motifs is 5. The first-order valence-electron chi connectivity index (χ1n) is 8.97. The monoisotopic (exact) mass is 287 g/mol. The molecule has 3 fully saturated rings. The van der Waals surface area contributed by atoms with Crippen molar-refractivity contribution in [2.75, 3.05) is 0 Å². The molecule has 0 aliphatic heterocycles. The van der Waals surface area contributed by atoms with Crippen molar-refractivity contribution in [2.24, 2.45) is 39.7 Å². The summed E-state index contributed by atoms with van der Waals surface area (Å²) in [5, 5.41) is 12.6. The predicted octanol–water partition coefficient (Wildman–Crippen LogP) is 5.03. The fraction of sp³-hybridized carbons (Fsp3) is 0.842. The van der Waals surface area contributed by atoms with Crippen molar-refractivity contribution in [3.05, 3.63) is 12.2 Å². The van der Waals surface area contributed by atoms with Crippen LogP contribution in [0.1, 0.15) is 65.2 Å².